The molecule has 0 amide bonds. The molecule has 1 aliphatic rings. The molecule has 2 nitrogen and oxygen atoms in total. The van der Waals surface area contributed by atoms with Gasteiger partial charge >= 0.3 is 0 Å². The lowest BCUT2D eigenvalue weighted by molar-refractivity contribution is 0.190. The molecule has 1 atom stereocenters. The zero-order valence-corrected chi connectivity index (χ0v) is 14.1. The number of aryl methyl sites for hydroxylation is 1. The largest absolute Gasteiger partial charge is 0.307 e. The topological polar surface area (TPSA) is 15.3 Å². The fourth-order valence-electron chi connectivity index (χ4n) is 3.20. The molecule has 1 aromatic carbocycles. The molecule has 21 heavy (non-hydrogen) atoms. The summed E-state index contributed by atoms with van der Waals surface area (Å²) >= 11 is 0. The van der Waals surface area contributed by atoms with E-state index >= 15 is 0 Å². The Balaban J connectivity index is 1.76. The van der Waals surface area contributed by atoms with E-state index < -0.39 is 0 Å². The van der Waals surface area contributed by atoms with Crippen LogP contribution in [0.1, 0.15) is 63.6 Å². The molecule has 1 heterocycles. The quantitative estimate of drug-likeness (QED) is 0.810. The first-order chi connectivity index (χ1) is 10.2. The highest BCUT2D eigenvalue weighted by atomic mass is 15.1. The van der Waals surface area contributed by atoms with Crippen molar-refractivity contribution in [1.29, 1.82) is 0 Å². The lowest BCUT2D eigenvalue weighted by Crippen LogP contribution is -2.43. The lowest BCUT2D eigenvalue weighted by Gasteiger charge is -2.34. The van der Waals surface area contributed by atoms with Gasteiger partial charge in [-0.2, -0.15) is 0 Å². The third-order valence-electron chi connectivity index (χ3n) is 4.79. The van der Waals surface area contributed by atoms with Crippen LogP contribution in [0.15, 0.2) is 24.3 Å². The summed E-state index contributed by atoms with van der Waals surface area (Å²) in [5, 5.41) is 3.82. The summed E-state index contributed by atoms with van der Waals surface area (Å²) in [7, 11) is 0. The van der Waals surface area contributed by atoms with Gasteiger partial charge in [-0.25, -0.2) is 0 Å². The van der Waals surface area contributed by atoms with Gasteiger partial charge in [0.25, 0.3) is 0 Å². The molecular formula is C19H32N2. The maximum absolute atomic E-state index is 3.82. The number of benzene rings is 1. The van der Waals surface area contributed by atoms with Gasteiger partial charge < -0.3 is 10.2 Å². The van der Waals surface area contributed by atoms with Crippen LogP contribution in [0.4, 0.5) is 0 Å². The predicted octanol–water partition coefficient (Wildman–Crippen LogP) is 4.16. The van der Waals surface area contributed by atoms with Gasteiger partial charge in [0.15, 0.2) is 0 Å². The van der Waals surface area contributed by atoms with Crippen LogP contribution in [-0.2, 0) is 6.42 Å². The van der Waals surface area contributed by atoms with Gasteiger partial charge in [-0.3, -0.25) is 0 Å². The second kappa shape index (κ2) is 8.55. The van der Waals surface area contributed by atoms with E-state index in [-0.39, 0.29) is 0 Å². The Kier molecular flexibility index (Phi) is 6.72. The fourth-order valence-corrected chi connectivity index (χ4v) is 3.20. The molecule has 0 saturated carbocycles. The summed E-state index contributed by atoms with van der Waals surface area (Å²) in [6.45, 7) is 10.6. The van der Waals surface area contributed by atoms with E-state index in [9.17, 15) is 0 Å². The van der Waals surface area contributed by atoms with E-state index in [0.717, 1.165) is 6.42 Å². The number of unbranched alkanes of at least 4 members (excludes halogenated alkanes) is 1. The summed E-state index contributed by atoms with van der Waals surface area (Å²) in [5.41, 5.74) is 2.84. The Bertz CT molecular complexity index is 391. The van der Waals surface area contributed by atoms with E-state index in [1.165, 1.54) is 56.4 Å². The maximum atomic E-state index is 3.82. The van der Waals surface area contributed by atoms with Crippen LogP contribution >= 0.6 is 0 Å². The number of nitrogens with one attached hydrogen (secondary N) is 1. The zero-order valence-electron chi connectivity index (χ0n) is 14.1. The molecule has 1 aliphatic heterocycles. The van der Waals surface area contributed by atoms with E-state index in [2.05, 4.69) is 55.3 Å². The number of rotatable bonds is 7. The van der Waals surface area contributed by atoms with Crippen molar-refractivity contribution in [1.82, 2.24) is 10.2 Å². The van der Waals surface area contributed by atoms with Crippen LogP contribution in [0, 0.1) is 0 Å². The van der Waals surface area contributed by atoms with Gasteiger partial charge in [-0.15, -0.1) is 0 Å². The molecule has 118 valence electrons. The van der Waals surface area contributed by atoms with Crippen LogP contribution in [-0.4, -0.2) is 30.6 Å². The van der Waals surface area contributed by atoms with Crippen LogP contribution in [0.5, 0.6) is 0 Å². The number of hydrogen-bond acceptors (Lipinski definition) is 2. The first kappa shape index (κ1) is 16.5. The lowest BCUT2D eigenvalue weighted by atomic mass is 10.0. The number of nitrogens with zero attached hydrogens (tertiary/aromatic N) is 1. The van der Waals surface area contributed by atoms with Crippen LogP contribution in [0.2, 0.25) is 0 Å². The van der Waals surface area contributed by atoms with E-state index in [0.29, 0.717) is 12.1 Å². The summed E-state index contributed by atoms with van der Waals surface area (Å²) in [6, 6.07) is 10.2. The molecule has 0 bridgehead atoms. The highest BCUT2D eigenvalue weighted by Gasteiger charge is 2.20. The van der Waals surface area contributed by atoms with E-state index in [4.69, 9.17) is 0 Å². The number of piperidine rings is 1. The second-order valence-electron chi connectivity index (χ2n) is 6.45. The molecule has 0 radical (unpaired) electrons. The average molecular weight is 288 g/mol. The minimum atomic E-state index is 0.461. The van der Waals surface area contributed by atoms with E-state index in [1.807, 2.05) is 0 Å². The van der Waals surface area contributed by atoms with Crippen molar-refractivity contribution in [2.45, 2.75) is 65.0 Å². The van der Waals surface area contributed by atoms with Gasteiger partial charge in [-0.1, -0.05) is 44.5 Å². The monoisotopic (exact) mass is 288 g/mol. The second-order valence-corrected chi connectivity index (χ2v) is 6.45. The fraction of sp³-hybridized carbons (Fsp3) is 0.684. The first-order valence-electron chi connectivity index (χ1n) is 8.80. The molecule has 2 rings (SSSR count). The van der Waals surface area contributed by atoms with Crippen molar-refractivity contribution in [2.75, 3.05) is 19.6 Å². The Hall–Kier alpha value is -0.860. The summed E-state index contributed by atoms with van der Waals surface area (Å²) in [6.07, 6.45) is 6.36. The van der Waals surface area contributed by atoms with Crippen molar-refractivity contribution in [3.05, 3.63) is 35.4 Å². The SMILES string of the molecule is CCCCN1CCC(NC(C)c2ccc(CC)cc2)CC1. The normalized spacial score (nSPS) is 18.8. The first-order valence-corrected chi connectivity index (χ1v) is 8.80. The molecule has 1 unspecified atom stereocenters. The third kappa shape index (κ3) is 5.12. The molecule has 1 N–H and O–H groups in total. The van der Waals surface area contributed by atoms with Crippen molar-refractivity contribution >= 4 is 0 Å². The van der Waals surface area contributed by atoms with Gasteiger partial charge in [0.2, 0.25) is 0 Å². The van der Waals surface area contributed by atoms with Gasteiger partial charge in [-0.05, 0) is 63.4 Å². The van der Waals surface area contributed by atoms with E-state index in [1.54, 1.807) is 0 Å². The Morgan fingerprint density at radius 1 is 1.14 bits per heavy atom. The Morgan fingerprint density at radius 3 is 2.38 bits per heavy atom. The molecule has 0 aromatic heterocycles. The minimum Gasteiger partial charge on any atom is -0.307 e. The van der Waals surface area contributed by atoms with Crippen molar-refractivity contribution in [2.24, 2.45) is 0 Å². The highest BCUT2D eigenvalue weighted by Crippen LogP contribution is 2.18. The number of likely N-dealkylation sites (tertiary alicyclic amines) is 1. The highest BCUT2D eigenvalue weighted by molar-refractivity contribution is 5.24. The van der Waals surface area contributed by atoms with Crippen molar-refractivity contribution in [3.63, 3.8) is 0 Å². The van der Waals surface area contributed by atoms with Crippen molar-refractivity contribution in [3.8, 4) is 0 Å². The maximum Gasteiger partial charge on any atom is 0.0294 e. The summed E-state index contributed by atoms with van der Waals surface area (Å²) in [5.74, 6) is 0. The smallest absolute Gasteiger partial charge is 0.0294 e. The Labute approximate surface area is 130 Å². The van der Waals surface area contributed by atoms with Gasteiger partial charge in [0.05, 0.1) is 0 Å². The molecule has 1 aromatic rings. The molecule has 1 fully saturated rings. The van der Waals surface area contributed by atoms with Crippen LogP contribution in [0.3, 0.4) is 0 Å². The summed E-state index contributed by atoms with van der Waals surface area (Å²) < 4.78 is 0. The minimum absolute atomic E-state index is 0.461. The zero-order chi connectivity index (χ0) is 15.1. The number of hydrogen-bond donors (Lipinski definition) is 1. The average Bonchev–Trinajstić information content (AvgIpc) is 2.54. The molecular weight excluding hydrogens is 256 g/mol. The van der Waals surface area contributed by atoms with Gasteiger partial charge in [0.1, 0.15) is 0 Å². The molecule has 0 aliphatic carbocycles. The molecule has 0 spiro atoms. The third-order valence-corrected chi connectivity index (χ3v) is 4.79. The summed E-state index contributed by atoms with van der Waals surface area (Å²) in [4.78, 5) is 2.63. The van der Waals surface area contributed by atoms with Gasteiger partial charge in [0, 0.05) is 12.1 Å². The molecule has 1 saturated heterocycles. The predicted molar refractivity (Wildman–Crippen MR) is 91.7 cm³/mol. The van der Waals surface area contributed by atoms with Crippen LogP contribution in [0.25, 0.3) is 0 Å². The van der Waals surface area contributed by atoms with Crippen molar-refractivity contribution < 1.29 is 0 Å². The molecule has 2 heteroatoms. The standard InChI is InChI=1S/C19H32N2/c1-4-6-13-21-14-11-19(12-15-21)20-16(3)18-9-7-17(5-2)8-10-18/h7-10,16,19-20H,4-6,11-15H2,1-3H3. The van der Waals surface area contributed by atoms with Crippen LogP contribution < -0.4 is 5.32 Å². The Morgan fingerprint density at radius 2 is 1.81 bits per heavy atom.